The Kier molecular flexibility index (Phi) is 7.62. The van der Waals surface area contributed by atoms with Crippen molar-refractivity contribution in [3.63, 3.8) is 0 Å². The normalized spacial score (nSPS) is 12.0. The van der Waals surface area contributed by atoms with Gasteiger partial charge in [0.1, 0.15) is 0 Å². The van der Waals surface area contributed by atoms with Crippen molar-refractivity contribution < 1.29 is 14.3 Å². The highest BCUT2D eigenvalue weighted by molar-refractivity contribution is 6.30. The van der Waals surface area contributed by atoms with E-state index < -0.39 is 5.92 Å². The number of hydrogen-bond acceptors (Lipinski definition) is 3. The van der Waals surface area contributed by atoms with Gasteiger partial charge < -0.3 is 9.64 Å². The lowest BCUT2D eigenvalue weighted by atomic mass is 10.1. The molecule has 0 fully saturated rings. The average molecular weight is 386 g/mol. The minimum atomic E-state index is -0.409. The van der Waals surface area contributed by atoms with Crippen LogP contribution in [0.5, 0.6) is 0 Å². The second-order valence-electron chi connectivity index (χ2n) is 6.51. The number of ether oxygens (including phenoxy) is 1. The molecule has 2 aromatic carbocycles. The van der Waals surface area contributed by atoms with Gasteiger partial charge in [-0.3, -0.25) is 9.59 Å². The molecule has 0 bridgehead atoms. The van der Waals surface area contributed by atoms with Crippen LogP contribution in [0.4, 0.5) is 0 Å². The first-order valence-corrected chi connectivity index (χ1v) is 9.12. The van der Waals surface area contributed by atoms with Crippen LogP contribution in [0.3, 0.4) is 0 Å². The molecule has 0 heterocycles. The molecule has 4 nitrogen and oxygen atoms in total. The van der Waals surface area contributed by atoms with E-state index in [0.29, 0.717) is 11.6 Å². The number of methoxy groups -OCH3 is 1. The number of carbonyl (C=O) groups excluding carboxylic acids is 2. The van der Waals surface area contributed by atoms with Gasteiger partial charge in [-0.25, -0.2) is 0 Å². The number of amides is 1. The molecule has 0 saturated heterocycles. The van der Waals surface area contributed by atoms with Crippen molar-refractivity contribution in [2.24, 2.45) is 5.92 Å². The molecule has 27 heavy (non-hydrogen) atoms. The van der Waals surface area contributed by atoms with E-state index in [0.717, 1.165) is 16.7 Å². The van der Waals surface area contributed by atoms with Crippen LogP contribution in [0, 0.1) is 12.8 Å². The molecule has 0 aliphatic carbocycles. The molecule has 0 N–H and O–H groups in total. The molecule has 1 atom stereocenters. The van der Waals surface area contributed by atoms with Crippen LogP contribution in [-0.4, -0.2) is 30.4 Å². The zero-order valence-corrected chi connectivity index (χ0v) is 16.6. The number of hydrogen-bond donors (Lipinski definition) is 0. The maximum Gasteiger partial charge on any atom is 0.310 e. The fraction of sp³-hybridized carbons (Fsp3) is 0.273. The lowest BCUT2D eigenvalue weighted by molar-refractivity contribution is -0.146. The Morgan fingerprint density at radius 1 is 1.11 bits per heavy atom. The minimum Gasteiger partial charge on any atom is -0.469 e. The Morgan fingerprint density at radius 3 is 2.33 bits per heavy atom. The molecule has 2 rings (SSSR count). The highest BCUT2D eigenvalue weighted by Crippen LogP contribution is 2.13. The van der Waals surface area contributed by atoms with Crippen molar-refractivity contribution in [1.82, 2.24) is 4.90 Å². The second kappa shape index (κ2) is 9.93. The Labute approximate surface area is 165 Å². The third kappa shape index (κ3) is 6.57. The van der Waals surface area contributed by atoms with Gasteiger partial charge in [-0.1, -0.05) is 60.5 Å². The van der Waals surface area contributed by atoms with Crippen LogP contribution >= 0.6 is 11.6 Å². The monoisotopic (exact) mass is 385 g/mol. The first-order valence-electron chi connectivity index (χ1n) is 8.75. The van der Waals surface area contributed by atoms with Gasteiger partial charge in [0, 0.05) is 24.2 Å². The van der Waals surface area contributed by atoms with Crippen molar-refractivity contribution in [3.8, 4) is 0 Å². The van der Waals surface area contributed by atoms with E-state index in [-0.39, 0.29) is 18.4 Å². The van der Waals surface area contributed by atoms with E-state index >= 15 is 0 Å². The molecule has 1 amide bonds. The highest BCUT2D eigenvalue weighted by atomic mass is 35.5. The van der Waals surface area contributed by atoms with Crippen molar-refractivity contribution in [1.29, 1.82) is 0 Å². The molecule has 0 aromatic heterocycles. The van der Waals surface area contributed by atoms with E-state index in [1.54, 1.807) is 30.0 Å². The quantitative estimate of drug-likeness (QED) is 0.520. The molecular formula is C22H24ClNO3. The first kappa shape index (κ1) is 20.7. The van der Waals surface area contributed by atoms with Crippen molar-refractivity contribution in [2.75, 3.05) is 13.7 Å². The molecule has 0 radical (unpaired) electrons. The van der Waals surface area contributed by atoms with E-state index in [1.165, 1.54) is 13.2 Å². The highest BCUT2D eigenvalue weighted by Gasteiger charge is 2.20. The fourth-order valence-electron chi connectivity index (χ4n) is 2.60. The van der Waals surface area contributed by atoms with E-state index in [2.05, 4.69) is 0 Å². The Morgan fingerprint density at radius 2 is 1.74 bits per heavy atom. The molecule has 0 saturated carbocycles. The number of esters is 1. The van der Waals surface area contributed by atoms with Gasteiger partial charge in [-0.15, -0.1) is 0 Å². The summed E-state index contributed by atoms with van der Waals surface area (Å²) >= 11 is 5.88. The van der Waals surface area contributed by atoms with E-state index in [4.69, 9.17) is 16.3 Å². The number of carbonyl (C=O) groups is 2. The molecule has 1 unspecified atom stereocenters. The third-order valence-electron chi connectivity index (χ3n) is 4.19. The van der Waals surface area contributed by atoms with Crippen LogP contribution in [0.1, 0.15) is 23.6 Å². The molecule has 0 aliphatic rings. The largest absolute Gasteiger partial charge is 0.469 e. The molecule has 142 valence electrons. The van der Waals surface area contributed by atoms with Gasteiger partial charge in [-0.05, 0) is 36.3 Å². The molecule has 5 heteroatoms. The predicted molar refractivity (Wildman–Crippen MR) is 108 cm³/mol. The van der Waals surface area contributed by atoms with Crippen LogP contribution in [-0.2, 0) is 20.9 Å². The molecule has 2 aromatic rings. The summed E-state index contributed by atoms with van der Waals surface area (Å²) in [6.45, 7) is 4.47. The molecule has 0 spiro atoms. The zero-order chi connectivity index (χ0) is 19.8. The summed E-state index contributed by atoms with van der Waals surface area (Å²) in [6, 6.07) is 15.2. The second-order valence-corrected chi connectivity index (χ2v) is 6.95. The summed E-state index contributed by atoms with van der Waals surface area (Å²) in [4.78, 5) is 26.2. The van der Waals surface area contributed by atoms with Crippen LogP contribution in [0.2, 0.25) is 5.02 Å². The summed E-state index contributed by atoms with van der Waals surface area (Å²) in [5, 5.41) is 0.645. The van der Waals surface area contributed by atoms with Crippen LogP contribution < -0.4 is 0 Å². The average Bonchev–Trinajstić information content (AvgIpc) is 2.67. The smallest absolute Gasteiger partial charge is 0.310 e. The summed E-state index contributed by atoms with van der Waals surface area (Å²) in [5.74, 6) is -0.909. The van der Waals surface area contributed by atoms with Crippen LogP contribution in [0.25, 0.3) is 6.08 Å². The number of halogens is 1. The predicted octanol–water partition coefficient (Wildman–Crippen LogP) is 4.50. The van der Waals surface area contributed by atoms with Gasteiger partial charge in [-0.2, -0.15) is 0 Å². The first-order chi connectivity index (χ1) is 12.9. The van der Waals surface area contributed by atoms with Gasteiger partial charge >= 0.3 is 5.97 Å². The Bertz CT molecular complexity index is 797. The summed E-state index contributed by atoms with van der Waals surface area (Å²) in [6.07, 6.45) is 3.25. The zero-order valence-electron chi connectivity index (χ0n) is 15.8. The Hall–Kier alpha value is -2.59. The summed E-state index contributed by atoms with van der Waals surface area (Å²) in [5.41, 5.74) is 3.04. The van der Waals surface area contributed by atoms with Crippen molar-refractivity contribution in [2.45, 2.75) is 20.4 Å². The topological polar surface area (TPSA) is 46.6 Å². The number of benzene rings is 2. The Balaban J connectivity index is 2.15. The van der Waals surface area contributed by atoms with Gasteiger partial charge in [0.2, 0.25) is 5.91 Å². The van der Waals surface area contributed by atoms with Crippen LogP contribution in [0.15, 0.2) is 54.6 Å². The van der Waals surface area contributed by atoms with Gasteiger partial charge in [0.05, 0.1) is 13.0 Å². The van der Waals surface area contributed by atoms with E-state index in [1.807, 2.05) is 43.3 Å². The minimum absolute atomic E-state index is 0.165. The number of aryl methyl sites for hydroxylation is 1. The maximum absolute atomic E-state index is 12.8. The van der Waals surface area contributed by atoms with Crippen molar-refractivity contribution in [3.05, 3.63) is 76.3 Å². The van der Waals surface area contributed by atoms with E-state index in [9.17, 15) is 9.59 Å². The number of nitrogens with zero attached hydrogens (tertiary/aromatic N) is 1. The van der Waals surface area contributed by atoms with Gasteiger partial charge in [0.25, 0.3) is 0 Å². The summed E-state index contributed by atoms with van der Waals surface area (Å²) < 4.78 is 4.79. The fourth-order valence-corrected chi connectivity index (χ4v) is 2.73. The third-order valence-corrected chi connectivity index (χ3v) is 4.44. The molecular weight excluding hydrogens is 362 g/mol. The standard InChI is InChI=1S/C22H24ClNO3/c1-16-4-6-19(7-5-16)15-24(14-17(2)22(26)27-3)21(25)13-10-18-8-11-20(23)12-9-18/h4-13,17H,14-15H2,1-3H3/b13-10+. The maximum atomic E-state index is 12.8. The summed E-state index contributed by atoms with van der Waals surface area (Å²) in [7, 11) is 1.35. The molecule has 0 aliphatic heterocycles. The number of rotatable bonds is 7. The lowest BCUT2D eigenvalue weighted by Gasteiger charge is -2.24. The van der Waals surface area contributed by atoms with Gasteiger partial charge in [0.15, 0.2) is 0 Å². The lowest BCUT2D eigenvalue weighted by Crippen LogP contribution is -2.35. The SMILES string of the molecule is COC(=O)C(C)CN(Cc1ccc(C)cc1)C(=O)/C=C/c1ccc(Cl)cc1. The van der Waals surface area contributed by atoms with Crippen molar-refractivity contribution >= 4 is 29.6 Å².